The van der Waals surface area contributed by atoms with Crippen molar-refractivity contribution in [1.29, 1.82) is 0 Å². The number of nitro groups is 1. The molecule has 0 amide bonds. The van der Waals surface area contributed by atoms with Crippen molar-refractivity contribution in [3.05, 3.63) is 57.1 Å². The van der Waals surface area contributed by atoms with Crippen LogP contribution in [0, 0.1) is 10.1 Å². The average molecular weight is 440 g/mol. The fourth-order valence-electron chi connectivity index (χ4n) is 3.42. The lowest BCUT2D eigenvalue weighted by Gasteiger charge is -2.33. The molecular weight excluding hydrogens is 422 g/mol. The molecule has 11 heteroatoms. The predicted octanol–water partition coefficient (Wildman–Crippen LogP) is 2.48. The van der Waals surface area contributed by atoms with Gasteiger partial charge in [-0.15, -0.1) is 0 Å². The van der Waals surface area contributed by atoms with E-state index in [9.17, 15) is 18.5 Å². The minimum Gasteiger partial charge on any atom is -0.454 e. The van der Waals surface area contributed by atoms with Crippen molar-refractivity contribution in [1.82, 2.24) is 9.21 Å². The number of rotatable bonds is 5. The number of hydrogen-bond acceptors (Lipinski definition) is 7. The molecule has 1 fully saturated rings. The van der Waals surface area contributed by atoms with Crippen molar-refractivity contribution < 1.29 is 22.8 Å². The lowest BCUT2D eigenvalue weighted by molar-refractivity contribution is -0.387. The van der Waals surface area contributed by atoms with E-state index in [1.807, 2.05) is 18.2 Å². The molecule has 0 bridgehead atoms. The number of fused-ring (bicyclic) bond motifs is 1. The molecule has 0 radical (unpaired) electrons. The first-order valence-electron chi connectivity index (χ1n) is 8.89. The van der Waals surface area contributed by atoms with Crippen LogP contribution < -0.4 is 9.47 Å². The van der Waals surface area contributed by atoms with E-state index in [2.05, 4.69) is 4.90 Å². The maximum Gasteiger partial charge on any atom is 0.290 e. The molecule has 154 valence electrons. The molecule has 2 aliphatic heterocycles. The summed E-state index contributed by atoms with van der Waals surface area (Å²) >= 11 is 5.79. The summed E-state index contributed by atoms with van der Waals surface area (Å²) in [7, 11) is -3.99. The van der Waals surface area contributed by atoms with E-state index in [-0.39, 0.29) is 29.8 Å². The molecule has 2 heterocycles. The highest BCUT2D eigenvalue weighted by Gasteiger charge is 2.34. The van der Waals surface area contributed by atoms with Crippen molar-refractivity contribution >= 4 is 27.3 Å². The van der Waals surface area contributed by atoms with E-state index in [0.717, 1.165) is 11.6 Å². The quantitative estimate of drug-likeness (QED) is 0.520. The first-order chi connectivity index (χ1) is 13.8. The van der Waals surface area contributed by atoms with Crippen molar-refractivity contribution in [2.24, 2.45) is 0 Å². The van der Waals surface area contributed by atoms with Crippen LogP contribution in [0.4, 0.5) is 5.69 Å². The molecule has 0 spiro atoms. The molecule has 1 saturated heterocycles. The van der Waals surface area contributed by atoms with Gasteiger partial charge >= 0.3 is 0 Å². The number of piperazine rings is 1. The Morgan fingerprint density at radius 1 is 1.03 bits per heavy atom. The minimum absolute atomic E-state index is 0.115. The van der Waals surface area contributed by atoms with Gasteiger partial charge in [0.1, 0.15) is 0 Å². The largest absolute Gasteiger partial charge is 0.454 e. The van der Waals surface area contributed by atoms with Gasteiger partial charge in [0.25, 0.3) is 5.69 Å². The topological polar surface area (TPSA) is 102 Å². The van der Waals surface area contributed by atoms with Gasteiger partial charge in [0, 0.05) is 43.8 Å². The van der Waals surface area contributed by atoms with Crippen LogP contribution in [0.15, 0.2) is 41.3 Å². The molecule has 29 heavy (non-hydrogen) atoms. The third-order valence-electron chi connectivity index (χ3n) is 4.91. The zero-order valence-corrected chi connectivity index (χ0v) is 16.9. The van der Waals surface area contributed by atoms with Gasteiger partial charge in [-0.3, -0.25) is 15.0 Å². The predicted molar refractivity (Wildman–Crippen MR) is 105 cm³/mol. The molecule has 0 aromatic heterocycles. The second-order valence-corrected chi connectivity index (χ2v) is 9.08. The number of hydrogen-bond donors (Lipinski definition) is 0. The number of sulfonamides is 1. The summed E-state index contributed by atoms with van der Waals surface area (Å²) in [6, 6.07) is 9.32. The van der Waals surface area contributed by atoms with Crippen LogP contribution in [0.1, 0.15) is 5.56 Å². The second kappa shape index (κ2) is 7.79. The van der Waals surface area contributed by atoms with Gasteiger partial charge in [-0.2, -0.15) is 4.31 Å². The Hall–Kier alpha value is -2.40. The van der Waals surface area contributed by atoms with Gasteiger partial charge in [-0.25, -0.2) is 8.42 Å². The second-order valence-electron chi connectivity index (χ2n) is 6.74. The van der Waals surface area contributed by atoms with Crippen LogP contribution in [-0.2, 0) is 16.6 Å². The highest BCUT2D eigenvalue weighted by molar-refractivity contribution is 7.89. The molecule has 0 atom stereocenters. The summed E-state index contributed by atoms with van der Waals surface area (Å²) < 4.78 is 37.9. The maximum atomic E-state index is 12.9. The summed E-state index contributed by atoms with van der Waals surface area (Å²) in [6.45, 7) is 2.36. The molecule has 4 rings (SSSR count). The maximum absolute atomic E-state index is 12.9. The number of benzene rings is 2. The van der Waals surface area contributed by atoms with Gasteiger partial charge in [-0.05, 0) is 29.8 Å². The van der Waals surface area contributed by atoms with Crippen molar-refractivity contribution in [3.8, 4) is 11.5 Å². The summed E-state index contributed by atoms with van der Waals surface area (Å²) in [5.41, 5.74) is 0.527. The summed E-state index contributed by atoms with van der Waals surface area (Å²) in [5, 5.41) is 11.4. The van der Waals surface area contributed by atoms with E-state index >= 15 is 0 Å². The normalized spacial score (nSPS) is 17.4. The van der Waals surface area contributed by atoms with Crippen LogP contribution in [0.2, 0.25) is 5.02 Å². The van der Waals surface area contributed by atoms with Gasteiger partial charge in [0.15, 0.2) is 16.4 Å². The van der Waals surface area contributed by atoms with Crippen molar-refractivity contribution in [2.75, 3.05) is 33.0 Å². The average Bonchev–Trinajstić information content (AvgIpc) is 3.16. The Morgan fingerprint density at radius 2 is 1.76 bits per heavy atom. The molecule has 2 aromatic carbocycles. The summed E-state index contributed by atoms with van der Waals surface area (Å²) in [5.74, 6) is 1.42. The SMILES string of the molecule is O=[N+]([O-])c1cc(Cl)ccc1S(=O)(=O)N1CCN(Cc2ccc3c(c2)OCO3)CC1. The molecule has 0 unspecified atom stereocenters. The van der Waals surface area contributed by atoms with Gasteiger partial charge in [0.2, 0.25) is 16.8 Å². The zero-order chi connectivity index (χ0) is 20.6. The fraction of sp³-hybridized carbons (Fsp3) is 0.333. The van der Waals surface area contributed by atoms with Crippen LogP contribution in [-0.4, -0.2) is 55.5 Å². The van der Waals surface area contributed by atoms with E-state index in [1.54, 1.807) is 0 Å². The molecule has 0 saturated carbocycles. The molecule has 9 nitrogen and oxygen atoms in total. The Morgan fingerprint density at radius 3 is 2.48 bits per heavy atom. The standard InChI is InChI=1S/C18H18ClN3O6S/c19-14-2-4-18(15(10-14)22(23)24)29(25,26)21-7-5-20(6-8-21)11-13-1-3-16-17(9-13)28-12-27-16/h1-4,9-10H,5-8,11-12H2. The highest BCUT2D eigenvalue weighted by Crippen LogP contribution is 2.33. The van der Waals surface area contributed by atoms with E-state index in [0.29, 0.717) is 31.1 Å². The van der Waals surface area contributed by atoms with Crippen LogP contribution in [0.3, 0.4) is 0 Å². The summed E-state index contributed by atoms with van der Waals surface area (Å²) in [4.78, 5) is 12.3. The Balaban J connectivity index is 1.45. The molecule has 2 aromatic rings. The minimum atomic E-state index is -3.99. The lowest BCUT2D eigenvalue weighted by atomic mass is 10.2. The first kappa shape index (κ1) is 19.9. The van der Waals surface area contributed by atoms with Gasteiger partial charge in [0.05, 0.1) is 4.92 Å². The van der Waals surface area contributed by atoms with Crippen molar-refractivity contribution in [3.63, 3.8) is 0 Å². The first-order valence-corrected chi connectivity index (χ1v) is 10.7. The zero-order valence-electron chi connectivity index (χ0n) is 15.3. The molecule has 2 aliphatic rings. The third kappa shape index (κ3) is 4.01. The van der Waals surface area contributed by atoms with E-state index in [1.165, 1.54) is 16.4 Å². The van der Waals surface area contributed by atoms with Crippen LogP contribution >= 0.6 is 11.6 Å². The molecule has 0 aliphatic carbocycles. The van der Waals surface area contributed by atoms with E-state index < -0.39 is 20.6 Å². The number of ether oxygens (including phenoxy) is 2. The van der Waals surface area contributed by atoms with Gasteiger partial charge < -0.3 is 9.47 Å². The number of halogens is 1. The van der Waals surface area contributed by atoms with Crippen LogP contribution in [0.25, 0.3) is 0 Å². The Kier molecular flexibility index (Phi) is 5.34. The monoisotopic (exact) mass is 439 g/mol. The summed E-state index contributed by atoms with van der Waals surface area (Å²) in [6.07, 6.45) is 0. The fourth-order valence-corrected chi connectivity index (χ4v) is 5.14. The Bertz CT molecular complexity index is 1050. The smallest absolute Gasteiger partial charge is 0.290 e. The molecular formula is C18H18ClN3O6S. The number of nitrogens with zero attached hydrogens (tertiary/aromatic N) is 3. The van der Waals surface area contributed by atoms with Crippen molar-refractivity contribution in [2.45, 2.75) is 11.4 Å². The third-order valence-corrected chi connectivity index (χ3v) is 7.09. The number of nitro benzene ring substituents is 1. The Labute approximate surface area is 172 Å². The lowest BCUT2D eigenvalue weighted by Crippen LogP contribution is -2.48. The van der Waals surface area contributed by atoms with E-state index in [4.69, 9.17) is 21.1 Å². The van der Waals surface area contributed by atoms with Gasteiger partial charge in [-0.1, -0.05) is 17.7 Å². The molecule has 0 N–H and O–H groups in total. The van der Waals surface area contributed by atoms with Crippen LogP contribution in [0.5, 0.6) is 11.5 Å². The highest BCUT2D eigenvalue weighted by atomic mass is 35.5.